The molecule has 7 nitrogen and oxygen atoms in total. The maximum absolute atomic E-state index is 14.4. The predicted molar refractivity (Wildman–Crippen MR) is 106 cm³/mol. The van der Waals surface area contributed by atoms with Gasteiger partial charge in [0.1, 0.15) is 12.4 Å². The lowest BCUT2D eigenvalue weighted by Gasteiger charge is -2.08. The van der Waals surface area contributed by atoms with Crippen LogP contribution in [0, 0.1) is 5.82 Å². The molecule has 0 saturated carbocycles. The highest BCUT2D eigenvalue weighted by Crippen LogP contribution is 2.28. The number of aromatic nitrogens is 1. The second-order valence-electron chi connectivity index (χ2n) is 5.85. The van der Waals surface area contributed by atoms with Gasteiger partial charge in [-0.2, -0.15) is 4.99 Å². The van der Waals surface area contributed by atoms with Crippen molar-refractivity contribution in [2.75, 3.05) is 20.8 Å². The number of nitrogens with zero attached hydrogens (tertiary/aromatic N) is 2. The second-order valence-corrected chi connectivity index (χ2v) is 6.86. The molecule has 1 amide bonds. The molecule has 0 bridgehead atoms. The number of hydrogen-bond acceptors (Lipinski definition) is 6. The number of para-hydroxylation sites is 1. The monoisotopic (exact) mass is 418 g/mol. The van der Waals surface area contributed by atoms with E-state index < -0.39 is 17.7 Å². The SMILES string of the molecule is CCOC(=O)Cn1c(=NC(=O)c2ccc(OC)c(OC)c2)sc2cccc(F)c21. The van der Waals surface area contributed by atoms with Gasteiger partial charge in [0.05, 0.1) is 31.0 Å². The van der Waals surface area contributed by atoms with E-state index in [1.54, 1.807) is 31.2 Å². The van der Waals surface area contributed by atoms with E-state index in [1.807, 2.05) is 0 Å². The van der Waals surface area contributed by atoms with Gasteiger partial charge in [0.15, 0.2) is 16.3 Å². The summed E-state index contributed by atoms with van der Waals surface area (Å²) in [5.41, 5.74) is 0.465. The van der Waals surface area contributed by atoms with E-state index in [2.05, 4.69) is 4.99 Å². The fourth-order valence-electron chi connectivity index (χ4n) is 2.78. The third-order valence-electron chi connectivity index (χ3n) is 4.07. The molecule has 1 aromatic heterocycles. The summed E-state index contributed by atoms with van der Waals surface area (Å²) in [6.45, 7) is 1.62. The molecule has 1 heterocycles. The number of halogens is 1. The molecule has 0 atom stereocenters. The molecule has 0 aliphatic heterocycles. The van der Waals surface area contributed by atoms with E-state index >= 15 is 0 Å². The number of carbonyl (C=O) groups is 2. The van der Waals surface area contributed by atoms with Crippen molar-refractivity contribution in [2.24, 2.45) is 4.99 Å². The van der Waals surface area contributed by atoms with Crippen LogP contribution in [-0.4, -0.2) is 37.3 Å². The Morgan fingerprint density at radius 1 is 1.14 bits per heavy atom. The first-order chi connectivity index (χ1) is 14.0. The molecule has 0 fully saturated rings. The van der Waals surface area contributed by atoms with Crippen LogP contribution in [-0.2, 0) is 16.1 Å². The van der Waals surface area contributed by atoms with Gasteiger partial charge < -0.3 is 18.8 Å². The summed E-state index contributed by atoms with van der Waals surface area (Å²) >= 11 is 1.11. The molecule has 0 N–H and O–H groups in total. The maximum atomic E-state index is 14.4. The van der Waals surface area contributed by atoms with Gasteiger partial charge in [0.25, 0.3) is 5.91 Å². The van der Waals surface area contributed by atoms with Crippen molar-refractivity contribution in [3.63, 3.8) is 0 Å². The van der Waals surface area contributed by atoms with Crippen LogP contribution in [0.1, 0.15) is 17.3 Å². The first-order valence-corrected chi connectivity index (χ1v) is 9.54. The van der Waals surface area contributed by atoms with Crippen LogP contribution in [0.4, 0.5) is 4.39 Å². The van der Waals surface area contributed by atoms with Gasteiger partial charge in [-0.15, -0.1) is 0 Å². The van der Waals surface area contributed by atoms with Crippen LogP contribution in [0.15, 0.2) is 41.4 Å². The van der Waals surface area contributed by atoms with Gasteiger partial charge in [-0.05, 0) is 37.3 Å². The molecule has 0 unspecified atom stereocenters. The summed E-state index contributed by atoms with van der Waals surface area (Å²) in [4.78, 5) is 29.1. The standard InChI is InChI=1S/C20H19FN2O5S/c1-4-28-17(24)11-23-18-13(21)6-5-7-16(18)29-20(23)22-19(25)12-8-9-14(26-2)15(10-12)27-3/h5-10H,4,11H2,1-3H3. The zero-order valence-corrected chi connectivity index (χ0v) is 16.9. The fraction of sp³-hybridized carbons (Fsp3) is 0.250. The molecular formula is C20H19FN2O5S. The Labute approximate surface area is 170 Å². The highest BCUT2D eigenvalue weighted by atomic mass is 32.1. The number of methoxy groups -OCH3 is 2. The summed E-state index contributed by atoms with van der Waals surface area (Å²) in [5, 5.41) is 0. The summed E-state index contributed by atoms with van der Waals surface area (Å²) in [6.07, 6.45) is 0. The molecule has 3 aromatic rings. The normalized spacial score (nSPS) is 11.5. The van der Waals surface area contributed by atoms with Gasteiger partial charge in [-0.3, -0.25) is 9.59 Å². The molecule has 2 aromatic carbocycles. The average molecular weight is 418 g/mol. The molecule has 0 saturated heterocycles. The van der Waals surface area contributed by atoms with Gasteiger partial charge >= 0.3 is 5.97 Å². The molecule has 0 spiro atoms. The number of esters is 1. The molecule has 0 aliphatic carbocycles. The molecule has 9 heteroatoms. The van der Waals surface area contributed by atoms with E-state index in [4.69, 9.17) is 14.2 Å². The number of carbonyl (C=O) groups excluding carboxylic acids is 2. The van der Waals surface area contributed by atoms with E-state index in [0.717, 1.165) is 11.3 Å². The lowest BCUT2D eigenvalue weighted by atomic mass is 10.2. The fourth-order valence-corrected chi connectivity index (χ4v) is 3.82. The number of benzene rings is 2. The van der Waals surface area contributed by atoms with E-state index in [9.17, 15) is 14.0 Å². The van der Waals surface area contributed by atoms with Gasteiger partial charge in [0, 0.05) is 5.56 Å². The van der Waals surface area contributed by atoms with Crippen LogP contribution < -0.4 is 14.3 Å². The minimum Gasteiger partial charge on any atom is -0.493 e. The Morgan fingerprint density at radius 3 is 2.59 bits per heavy atom. The third kappa shape index (κ3) is 4.29. The Bertz CT molecular complexity index is 1140. The molecule has 0 aliphatic rings. The number of rotatable bonds is 6. The summed E-state index contributed by atoms with van der Waals surface area (Å²) in [7, 11) is 2.96. The summed E-state index contributed by atoms with van der Waals surface area (Å²) in [6, 6.07) is 9.20. The highest BCUT2D eigenvalue weighted by Gasteiger charge is 2.16. The van der Waals surface area contributed by atoms with Gasteiger partial charge in [-0.25, -0.2) is 4.39 Å². The van der Waals surface area contributed by atoms with Crippen molar-refractivity contribution >= 4 is 33.4 Å². The van der Waals surface area contributed by atoms with Crippen LogP contribution in [0.5, 0.6) is 11.5 Å². The number of amides is 1. The topological polar surface area (TPSA) is 79.1 Å². The number of fused-ring (bicyclic) bond motifs is 1. The van der Waals surface area contributed by atoms with Crippen LogP contribution in [0.3, 0.4) is 0 Å². The number of hydrogen-bond donors (Lipinski definition) is 0. The Kier molecular flexibility index (Phi) is 6.28. The van der Waals surface area contributed by atoms with E-state index in [1.165, 1.54) is 30.9 Å². The Balaban J connectivity index is 2.10. The first kappa shape index (κ1) is 20.5. The smallest absolute Gasteiger partial charge is 0.326 e. The molecule has 0 radical (unpaired) electrons. The zero-order chi connectivity index (χ0) is 21.0. The van der Waals surface area contributed by atoms with Crippen LogP contribution >= 0.6 is 11.3 Å². The zero-order valence-electron chi connectivity index (χ0n) is 16.1. The van der Waals surface area contributed by atoms with Crippen molar-refractivity contribution in [3.05, 3.63) is 52.6 Å². The van der Waals surface area contributed by atoms with Crippen molar-refractivity contribution in [2.45, 2.75) is 13.5 Å². The van der Waals surface area contributed by atoms with Gasteiger partial charge in [-0.1, -0.05) is 17.4 Å². The van der Waals surface area contributed by atoms with Gasteiger partial charge in [0.2, 0.25) is 0 Å². The molecule has 3 rings (SSSR count). The quantitative estimate of drug-likeness (QED) is 0.575. The average Bonchev–Trinajstić information content (AvgIpc) is 3.05. The van der Waals surface area contributed by atoms with E-state index in [-0.39, 0.29) is 29.0 Å². The highest BCUT2D eigenvalue weighted by molar-refractivity contribution is 7.16. The molecular weight excluding hydrogens is 399 g/mol. The Hall–Kier alpha value is -3.20. The van der Waals surface area contributed by atoms with Crippen LogP contribution in [0.25, 0.3) is 10.2 Å². The maximum Gasteiger partial charge on any atom is 0.326 e. The van der Waals surface area contributed by atoms with Crippen molar-refractivity contribution in [3.8, 4) is 11.5 Å². The second kappa shape index (κ2) is 8.87. The lowest BCUT2D eigenvalue weighted by Crippen LogP contribution is -2.23. The Morgan fingerprint density at radius 2 is 1.90 bits per heavy atom. The lowest BCUT2D eigenvalue weighted by molar-refractivity contribution is -0.143. The van der Waals surface area contributed by atoms with E-state index in [0.29, 0.717) is 16.2 Å². The van der Waals surface area contributed by atoms with Crippen LogP contribution in [0.2, 0.25) is 0 Å². The summed E-state index contributed by atoms with van der Waals surface area (Å²) in [5.74, 6) is -0.755. The van der Waals surface area contributed by atoms with Crippen molar-refractivity contribution in [1.29, 1.82) is 0 Å². The van der Waals surface area contributed by atoms with Crippen molar-refractivity contribution < 1.29 is 28.2 Å². The third-order valence-corrected chi connectivity index (χ3v) is 5.12. The largest absolute Gasteiger partial charge is 0.493 e. The number of ether oxygens (including phenoxy) is 3. The molecule has 152 valence electrons. The predicted octanol–water partition coefficient (Wildman–Crippen LogP) is 3.16. The number of thiazole rings is 1. The summed E-state index contributed by atoms with van der Waals surface area (Å²) < 4.78 is 31.7. The minimum absolute atomic E-state index is 0.193. The minimum atomic E-state index is -0.560. The first-order valence-electron chi connectivity index (χ1n) is 8.73. The van der Waals surface area contributed by atoms with Crippen molar-refractivity contribution in [1.82, 2.24) is 4.57 Å². The molecule has 29 heavy (non-hydrogen) atoms.